The predicted octanol–water partition coefficient (Wildman–Crippen LogP) is 5.05. The molecular formula is C20H11F3O5S. The van der Waals surface area contributed by atoms with E-state index in [2.05, 4.69) is 4.18 Å². The third kappa shape index (κ3) is 3.23. The first-order chi connectivity index (χ1) is 13.7. The van der Waals surface area contributed by atoms with E-state index in [-0.39, 0.29) is 27.5 Å². The standard InChI is InChI=1S/C20H11F3O5S/c21-20(22,23)29(25,26)28-16-11-5-10-15-18(16)17-13(8-4-9-14(17)27-15)19(24)12-6-2-1-3-7-12/h1-11H. The van der Waals surface area contributed by atoms with Gasteiger partial charge in [0.1, 0.15) is 11.2 Å². The van der Waals surface area contributed by atoms with Crippen LogP contribution in [0.25, 0.3) is 21.9 Å². The molecule has 0 unspecified atom stereocenters. The molecule has 4 aromatic rings. The van der Waals surface area contributed by atoms with Crippen LogP contribution in [0.4, 0.5) is 13.2 Å². The van der Waals surface area contributed by atoms with E-state index in [0.717, 1.165) is 6.07 Å². The summed E-state index contributed by atoms with van der Waals surface area (Å²) < 4.78 is 71.4. The Kier molecular flexibility index (Phi) is 4.34. The molecule has 0 aliphatic rings. The fourth-order valence-corrected chi connectivity index (χ4v) is 3.47. The molecule has 4 rings (SSSR count). The fraction of sp³-hybridized carbons (Fsp3) is 0.0500. The van der Waals surface area contributed by atoms with Crippen LogP contribution in [0.1, 0.15) is 15.9 Å². The number of furan rings is 1. The molecule has 1 heterocycles. The molecule has 0 N–H and O–H groups in total. The first-order valence-corrected chi connectivity index (χ1v) is 9.64. The lowest BCUT2D eigenvalue weighted by molar-refractivity contribution is -0.0499. The van der Waals surface area contributed by atoms with Crippen molar-refractivity contribution in [3.8, 4) is 5.75 Å². The number of benzene rings is 3. The van der Waals surface area contributed by atoms with Gasteiger partial charge in [-0.3, -0.25) is 4.79 Å². The molecule has 0 saturated heterocycles. The summed E-state index contributed by atoms with van der Waals surface area (Å²) in [5.41, 5.74) is -4.80. The summed E-state index contributed by atoms with van der Waals surface area (Å²) in [5, 5.41) is 0.138. The minimum absolute atomic E-state index is 0.0322. The zero-order chi connectivity index (χ0) is 20.8. The predicted molar refractivity (Wildman–Crippen MR) is 99.2 cm³/mol. The number of halogens is 3. The highest BCUT2D eigenvalue weighted by molar-refractivity contribution is 7.88. The van der Waals surface area contributed by atoms with Gasteiger partial charge in [-0.25, -0.2) is 0 Å². The lowest BCUT2D eigenvalue weighted by Crippen LogP contribution is -2.28. The minimum atomic E-state index is -5.90. The van der Waals surface area contributed by atoms with E-state index in [0.29, 0.717) is 5.56 Å². The van der Waals surface area contributed by atoms with Crippen molar-refractivity contribution in [2.75, 3.05) is 0 Å². The molecule has 148 valence electrons. The maximum Gasteiger partial charge on any atom is 0.534 e. The van der Waals surface area contributed by atoms with Gasteiger partial charge < -0.3 is 8.60 Å². The Bertz CT molecular complexity index is 1340. The van der Waals surface area contributed by atoms with E-state index in [1.165, 1.54) is 24.3 Å². The maximum atomic E-state index is 13.0. The van der Waals surface area contributed by atoms with Crippen molar-refractivity contribution in [2.24, 2.45) is 0 Å². The molecule has 29 heavy (non-hydrogen) atoms. The van der Waals surface area contributed by atoms with Crippen LogP contribution in [0.5, 0.6) is 5.75 Å². The molecule has 9 heteroatoms. The Balaban J connectivity index is 1.98. The summed E-state index contributed by atoms with van der Waals surface area (Å²) in [6, 6.07) is 16.7. The van der Waals surface area contributed by atoms with Crippen molar-refractivity contribution in [1.82, 2.24) is 0 Å². The third-order valence-corrected chi connectivity index (χ3v) is 5.21. The number of rotatable bonds is 4. The van der Waals surface area contributed by atoms with E-state index in [1.54, 1.807) is 36.4 Å². The molecule has 5 nitrogen and oxygen atoms in total. The average Bonchev–Trinajstić information content (AvgIpc) is 3.06. The number of fused-ring (bicyclic) bond motifs is 3. The third-order valence-electron chi connectivity index (χ3n) is 4.25. The van der Waals surface area contributed by atoms with E-state index in [1.807, 2.05) is 0 Å². The van der Waals surface area contributed by atoms with Gasteiger partial charge in [-0.05, 0) is 18.2 Å². The Labute approximate surface area is 162 Å². The van der Waals surface area contributed by atoms with Crippen molar-refractivity contribution in [3.63, 3.8) is 0 Å². The minimum Gasteiger partial charge on any atom is -0.456 e. The number of carbonyl (C=O) groups excluding carboxylic acids is 1. The Morgan fingerprint density at radius 1 is 0.828 bits per heavy atom. The lowest BCUT2D eigenvalue weighted by Gasteiger charge is -2.10. The molecule has 3 aromatic carbocycles. The Morgan fingerprint density at radius 2 is 1.45 bits per heavy atom. The summed E-state index contributed by atoms with van der Waals surface area (Å²) >= 11 is 0. The second-order valence-corrected chi connectivity index (χ2v) is 7.63. The molecular weight excluding hydrogens is 409 g/mol. The van der Waals surface area contributed by atoms with Crippen LogP contribution in [0.3, 0.4) is 0 Å². The van der Waals surface area contributed by atoms with Crippen molar-refractivity contribution >= 4 is 37.8 Å². The maximum absolute atomic E-state index is 13.0. The van der Waals surface area contributed by atoms with Gasteiger partial charge in [0.2, 0.25) is 0 Å². The van der Waals surface area contributed by atoms with Gasteiger partial charge in [0.25, 0.3) is 0 Å². The number of alkyl halides is 3. The first kappa shape index (κ1) is 19.0. The van der Waals surface area contributed by atoms with E-state index >= 15 is 0 Å². The fourth-order valence-electron chi connectivity index (χ4n) is 3.00. The van der Waals surface area contributed by atoms with Gasteiger partial charge in [-0.15, -0.1) is 0 Å². The topological polar surface area (TPSA) is 73.6 Å². The van der Waals surface area contributed by atoms with Gasteiger partial charge in [0, 0.05) is 16.5 Å². The molecule has 0 fully saturated rings. The van der Waals surface area contributed by atoms with Crippen molar-refractivity contribution in [2.45, 2.75) is 5.51 Å². The quantitative estimate of drug-likeness (QED) is 0.263. The van der Waals surface area contributed by atoms with Gasteiger partial charge in [-0.2, -0.15) is 21.6 Å². The summed E-state index contributed by atoms with van der Waals surface area (Å²) in [6.45, 7) is 0. The molecule has 0 amide bonds. The molecule has 0 saturated carbocycles. The monoisotopic (exact) mass is 420 g/mol. The molecule has 0 bridgehead atoms. The largest absolute Gasteiger partial charge is 0.534 e. The van der Waals surface area contributed by atoms with Crippen LogP contribution in [-0.4, -0.2) is 19.7 Å². The van der Waals surface area contributed by atoms with E-state index in [4.69, 9.17) is 4.42 Å². The molecule has 1 aromatic heterocycles. The van der Waals surface area contributed by atoms with Crippen LogP contribution in [-0.2, 0) is 10.1 Å². The molecule has 0 atom stereocenters. The Morgan fingerprint density at radius 3 is 2.10 bits per heavy atom. The van der Waals surface area contributed by atoms with Gasteiger partial charge >= 0.3 is 15.6 Å². The highest BCUT2D eigenvalue weighted by atomic mass is 32.2. The van der Waals surface area contributed by atoms with Gasteiger partial charge in [0.05, 0.1) is 5.39 Å². The van der Waals surface area contributed by atoms with Crippen LogP contribution in [0.15, 0.2) is 71.1 Å². The normalized spacial score (nSPS) is 12.4. The van der Waals surface area contributed by atoms with Crippen molar-refractivity contribution < 1.29 is 35.0 Å². The molecule has 0 aliphatic heterocycles. The lowest BCUT2D eigenvalue weighted by atomic mass is 9.98. The van der Waals surface area contributed by atoms with Crippen LogP contribution in [0, 0.1) is 0 Å². The van der Waals surface area contributed by atoms with E-state index < -0.39 is 27.2 Å². The highest BCUT2D eigenvalue weighted by Crippen LogP contribution is 2.39. The molecule has 0 aliphatic carbocycles. The molecule has 0 radical (unpaired) electrons. The van der Waals surface area contributed by atoms with Crippen molar-refractivity contribution in [1.29, 1.82) is 0 Å². The summed E-state index contributed by atoms with van der Waals surface area (Å²) in [7, 11) is -5.90. The number of hydrogen-bond donors (Lipinski definition) is 0. The summed E-state index contributed by atoms with van der Waals surface area (Å²) in [5.74, 6) is -0.973. The van der Waals surface area contributed by atoms with Crippen LogP contribution < -0.4 is 4.18 Å². The molecule has 0 spiro atoms. The number of hydrogen-bond acceptors (Lipinski definition) is 5. The number of carbonyl (C=O) groups is 1. The van der Waals surface area contributed by atoms with E-state index in [9.17, 15) is 26.4 Å². The van der Waals surface area contributed by atoms with Gasteiger partial charge in [-0.1, -0.05) is 48.5 Å². The first-order valence-electron chi connectivity index (χ1n) is 8.24. The van der Waals surface area contributed by atoms with Crippen molar-refractivity contribution in [3.05, 3.63) is 77.9 Å². The van der Waals surface area contributed by atoms with Crippen LogP contribution in [0.2, 0.25) is 0 Å². The second kappa shape index (κ2) is 6.63. The van der Waals surface area contributed by atoms with Gasteiger partial charge in [0.15, 0.2) is 11.5 Å². The zero-order valence-electron chi connectivity index (χ0n) is 14.4. The Hall–Kier alpha value is -3.33. The number of ketones is 1. The average molecular weight is 420 g/mol. The second-order valence-electron chi connectivity index (χ2n) is 6.09. The highest BCUT2D eigenvalue weighted by Gasteiger charge is 2.48. The van der Waals surface area contributed by atoms with Crippen LogP contribution >= 0.6 is 0 Å². The zero-order valence-corrected chi connectivity index (χ0v) is 15.3. The smallest absolute Gasteiger partial charge is 0.456 e. The summed E-state index contributed by atoms with van der Waals surface area (Å²) in [6.07, 6.45) is 0. The SMILES string of the molecule is O=C(c1ccccc1)c1cccc2oc3cccc(OS(=O)(=O)C(F)(F)F)c3c12. The summed E-state index contributed by atoms with van der Waals surface area (Å²) in [4.78, 5) is 13.0.